The Bertz CT molecular complexity index is 1030. The van der Waals surface area contributed by atoms with Crippen molar-refractivity contribution in [3.8, 4) is 17.0 Å². The summed E-state index contributed by atoms with van der Waals surface area (Å²) in [6.07, 6.45) is 0. The normalized spacial score (nSPS) is 10.3. The summed E-state index contributed by atoms with van der Waals surface area (Å²) in [5.74, 6) is -0.531. The SMILES string of the molecule is O=C(COc1ccccc1[N+](=O)[O-])Nc1nc(-c2ccc([N+](=O)[O-])cc2)cs1. The molecule has 142 valence electrons. The first-order chi connectivity index (χ1) is 13.4. The second-order valence-corrected chi connectivity index (χ2v) is 6.26. The van der Waals surface area contributed by atoms with Gasteiger partial charge in [-0.15, -0.1) is 11.3 Å². The first-order valence-corrected chi connectivity index (χ1v) is 8.68. The lowest BCUT2D eigenvalue weighted by molar-refractivity contribution is -0.385. The number of hydrogen-bond donors (Lipinski definition) is 1. The number of nitro benzene ring substituents is 2. The third-order valence-corrected chi connectivity index (χ3v) is 4.30. The van der Waals surface area contributed by atoms with Gasteiger partial charge < -0.3 is 4.74 Å². The van der Waals surface area contributed by atoms with E-state index in [1.54, 1.807) is 23.6 Å². The topological polar surface area (TPSA) is 138 Å². The standard InChI is InChI=1S/C17H12N4O6S/c22-16(9-27-15-4-2-1-3-14(15)21(25)26)19-17-18-13(10-28-17)11-5-7-12(8-6-11)20(23)24/h1-8,10H,9H2,(H,18,19,22). The summed E-state index contributed by atoms with van der Waals surface area (Å²) in [5.41, 5.74) is 0.956. The molecule has 0 saturated heterocycles. The molecular formula is C17H12N4O6S. The Morgan fingerprint density at radius 2 is 1.79 bits per heavy atom. The van der Waals surface area contributed by atoms with Gasteiger partial charge in [-0.25, -0.2) is 4.98 Å². The van der Waals surface area contributed by atoms with Crippen molar-refractivity contribution in [3.63, 3.8) is 0 Å². The molecule has 0 aliphatic carbocycles. The number of rotatable bonds is 7. The van der Waals surface area contributed by atoms with Gasteiger partial charge in [0, 0.05) is 29.1 Å². The van der Waals surface area contributed by atoms with Gasteiger partial charge in [-0.05, 0) is 18.2 Å². The van der Waals surface area contributed by atoms with Crippen LogP contribution in [0.3, 0.4) is 0 Å². The number of carbonyl (C=O) groups excluding carboxylic acids is 1. The molecule has 0 aliphatic rings. The summed E-state index contributed by atoms with van der Waals surface area (Å²) in [4.78, 5) is 36.8. The number of ether oxygens (including phenoxy) is 1. The number of nitrogens with zero attached hydrogens (tertiary/aromatic N) is 3. The van der Waals surface area contributed by atoms with E-state index in [1.165, 1.54) is 41.7 Å². The number of benzene rings is 2. The van der Waals surface area contributed by atoms with E-state index < -0.39 is 22.4 Å². The molecule has 1 amide bonds. The molecule has 0 radical (unpaired) electrons. The molecule has 0 fully saturated rings. The van der Waals surface area contributed by atoms with Gasteiger partial charge in [-0.2, -0.15) is 0 Å². The van der Waals surface area contributed by atoms with E-state index in [4.69, 9.17) is 4.74 Å². The van der Waals surface area contributed by atoms with Gasteiger partial charge in [0.15, 0.2) is 17.5 Å². The van der Waals surface area contributed by atoms with E-state index in [1.807, 2.05) is 0 Å². The first kappa shape index (κ1) is 18.9. The van der Waals surface area contributed by atoms with Crippen LogP contribution in [0.25, 0.3) is 11.3 Å². The fourth-order valence-electron chi connectivity index (χ4n) is 2.25. The predicted molar refractivity (Wildman–Crippen MR) is 101 cm³/mol. The number of anilines is 1. The molecular weight excluding hydrogens is 388 g/mol. The van der Waals surface area contributed by atoms with Gasteiger partial charge in [0.1, 0.15) is 0 Å². The summed E-state index contributed by atoms with van der Waals surface area (Å²) in [6.45, 7) is -0.419. The Morgan fingerprint density at radius 3 is 2.46 bits per heavy atom. The lowest BCUT2D eigenvalue weighted by Gasteiger charge is -2.06. The van der Waals surface area contributed by atoms with Gasteiger partial charge >= 0.3 is 5.69 Å². The van der Waals surface area contributed by atoms with Gasteiger partial charge in [0.05, 0.1) is 15.5 Å². The average molecular weight is 400 g/mol. The van der Waals surface area contributed by atoms with E-state index in [9.17, 15) is 25.0 Å². The lowest BCUT2D eigenvalue weighted by Crippen LogP contribution is -2.20. The highest BCUT2D eigenvalue weighted by Crippen LogP contribution is 2.27. The van der Waals surface area contributed by atoms with Crippen LogP contribution in [0.4, 0.5) is 16.5 Å². The van der Waals surface area contributed by atoms with E-state index in [2.05, 4.69) is 10.3 Å². The van der Waals surface area contributed by atoms with Crippen LogP contribution in [0, 0.1) is 20.2 Å². The number of amides is 1. The zero-order valence-electron chi connectivity index (χ0n) is 14.1. The quantitative estimate of drug-likeness (QED) is 0.472. The molecule has 0 bridgehead atoms. The van der Waals surface area contributed by atoms with Crippen LogP contribution in [0.1, 0.15) is 0 Å². The summed E-state index contributed by atoms with van der Waals surface area (Å²) >= 11 is 1.17. The zero-order chi connectivity index (χ0) is 20.1. The molecule has 10 nitrogen and oxygen atoms in total. The molecule has 0 unspecified atom stereocenters. The maximum Gasteiger partial charge on any atom is 0.310 e. The molecule has 0 saturated carbocycles. The number of non-ortho nitro benzene ring substituents is 1. The Hall–Kier alpha value is -3.86. The van der Waals surface area contributed by atoms with Crippen molar-refractivity contribution in [2.45, 2.75) is 0 Å². The highest BCUT2D eigenvalue weighted by molar-refractivity contribution is 7.14. The van der Waals surface area contributed by atoms with Gasteiger partial charge in [0.25, 0.3) is 11.6 Å². The fourth-order valence-corrected chi connectivity index (χ4v) is 2.98. The summed E-state index contributed by atoms with van der Waals surface area (Å²) < 4.78 is 5.22. The maximum atomic E-state index is 12.0. The number of carbonyl (C=O) groups is 1. The minimum atomic E-state index is -0.593. The number of para-hydroxylation sites is 2. The number of nitrogens with one attached hydrogen (secondary N) is 1. The summed E-state index contributed by atoms with van der Waals surface area (Å²) in [5, 5.41) is 26.2. The second-order valence-electron chi connectivity index (χ2n) is 5.40. The number of nitro groups is 2. The number of thiazole rings is 1. The van der Waals surface area contributed by atoms with Gasteiger partial charge in [0.2, 0.25) is 0 Å². The van der Waals surface area contributed by atoms with E-state index >= 15 is 0 Å². The molecule has 0 spiro atoms. The Balaban J connectivity index is 1.61. The van der Waals surface area contributed by atoms with Crippen LogP contribution in [-0.2, 0) is 4.79 Å². The molecule has 0 aliphatic heterocycles. The fraction of sp³-hybridized carbons (Fsp3) is 0.0588. The van der Waals surface area contributed by atoms with Crippen molar-refractivity contribution in [2.75, 3.05) is 11.9 Å². The lowest BCUT2D eigenvalue weighted by atomic mass is 10.1. The number of aromatic nitrogens is 1. The van der Waals surface area contributed by atoms with E-state index in [-0.39, 0.29) is 17.1 Å². The average Bonchev–Trinajstić information content (AvgIpc) is 3.15. The van der Waals surface area contributed by atoms with Crippen LogP contribution < -0.4 is 10.1 Å². The summed E-state index contributed by atoms with van der Waals surface area (Å²) in [7, 11) is 0. The molecule has 1 aromatic heterocycles. The molecule has 0 atom stereocenters. The molecule has 1 heterocycles. The summed E-state index contributed by atoms with van der Waals surface area (Å²) in [6, 6.07) is 11.6. The Morgan fingerprint density at radius 1 is 1.07 bits per heavy atom. The third-order valence-electron chi connectivity index (χ3n) is 3.55. The number of hydrogen-bond acceptors (Lipinski definition) is 8. The van der Waals surface area contributed by atoms with Crippen LogP contribution in [0.5, 0.6) is 5.75 Å². The van der Waals surface area contributed by atoms with Crippen LogP contribution in [-0.4, -0.2) is 27.3 Å². The van der Waals surface area contributed by atoms with Crippen LogP contribution in [0.2, 0.25) is 0 Å². The molecule has 11 heteroatoms. The van der Waals surface area contributed by atoms with Crippen molar-refractivity contribution >= 4 is 33.8 Å². The largest absolute Gasteiger partial charge is 0.477 e. The third kappa shape index (κ3) is 4.45. The molecule has 1 N–H and O–H groups in total. The van der Waals surface area contributed by atoms with Crippen LogP contribution in [0.15, 0.2) is 53.9 Å². The maximum absolute atomic E-state index is 12.0. The second kappa shape index (κ2) is 8.22. The van der Waals surface area contributed by atoms with Crippen LogP contribution >= 0.6 is 11.3 Å². The minimum Gasteiger partial charge on any atom is -0.477 e. The highest BCUT2D eigenvalue weighted by Gasteiger charge is 2.16. The molecule has 3 rings (SSSR count). The van der Waals surface area contributed by atoms with Crippen molar-refractivity contribution in [3.05, 3.63) is 74.1 Å². The van der Waals surface area contributed by atoms with Crippen molar-refractivity contribution in [1.82, 2.24) is 4.98 Å². The van der Waals surface area contributed by atoms with Crippen molar-refractivity contribution in [2.24, 2.45) is 0 Å². The minimum absolute atomic E-state index is 0.00615. The van der Waals surface area contributed by atoms with Gasteiger partial charge in [-0.1, -0.05) is 12.1 Å². The molecule has 2 aromatic carbocycles. The monoisotopic (exact) mass is 400 g/mol. The first-order valence-electron chi connectivity index (χ1n) is 7.80. The van der Waals surface area contributed by atoms with E-state index in [0.717, 1.165) is 0 Å². The molecule has 28 heavy (non-hydrogen) atoms. The Labute approximate surface area is 161 Å². The zero-order valence-corrected chi connectivity index (χ0v) is 14.9. The van der Waals surface area contributed by atoms with Crippen molar-refractivity contribution < 1.29 is 19.4 Å². The van der Waals surface area contributed by atoms with Crippen molar-refractivity contribution in [1.29, 1.82) is 0 Å². The smallest absolute Gasteiger partial charge is 0.310 e. The van der Waals surface area contributed by atoms with E-state index in [0.29, 0.717) is 16.4 Å². The predicted octanol–water partition coefficient (Wildman–Crippen LogP) is 3.64. The Kier molecular flexibility index (Phi) is 5.56. The van der Waals surface area contributed by atoms with Gasteiger partial charge in [-0.3, -0.25) is 30.3 Å². The molecule has 3 aromatic rings. The highest BCUT2D eigenvalue weighted by atomic mass is 32.1.